The third kappa shape index (κ3) is 5.88. The summed E-state index contributed by atoms with van der Waals surface area (Å²) in [7, 11) is 0. The Kier molecular flexibility index (Phi) is 7.54. The molecule has 0 aromatic rings. The van der Waals surface area contributed by atoms with Crippen molar-refractivity contribution >= 4 is 11.9 Å². The molecule has 6 nitrogen and oxygen atoms in total. The molecule has 1 atom stereocenters. The highest BCUT2D eigenvalue weighted by molar-refractivity contribution is 5.81. The summed E-state index contributed by atoms with van der Waals surface area (Å²) in [5, 5.41) is 8.54. The minimum Gasteiger partial charge on any atom is -0.481 e. The lowest BCUT2D eigenvalue weighted by atomic mass is 10.0. The summed E-state index contributed by atoms with van der Waals surface area (Å²) in [5.74, 6) is -0.818. The lowest BCUT2D eigenvalue weighted by Gasteiger charge is -2.33. The Labute approximate surface area is 120 Å². The molecule has 3 N–H and O–H groups in total. The van der Waals surface area contributed by atoms with Crippen LogP contribution in [0.15, 0.2) is 0 Å². The molecule has 0 aromatic carbocycles. The van der Waals surface area contributed by atoms with Gasteiger partial charge in [0.15, 0.2) is 0 Å². The Morgan fingerprint density at radius 2 is 2.05 bits per heavy atom. The van der Waals surface area contributed by atoms with Crippen LogP contribution in [-0.2, 0) is 14.3 Å². The number of rotatable bonds is 8. The van der Waals surface area contributed by atoms with Gasteiger partial charge in [0.2, 0.25) is 5.91 Å². The van der Waals surface area contributed by atoms with Crippen molar-refractivity contribution in [3.8, 4) is 0 Å². The van der Waals surface area contributed by atoms with Gasteiger partial charge >= 0.3 is 5.97 Å². The molecule has 6 heteroatoms. The van der Waals surface area contributed by atoms with E-state index in [4.69, 9.17) is 15.6 Å². The number of unbranched alkanes of at least 4 members (excludes halogenated alkanes) is 1. The van der Waals surface area contributed by atoms with Gasteiger partial charge in [0.25, 0.3) is 0 Å². The average Bonchev–Trinajstić information content (AvgIpc) is 2.44. The third-order valence-corrected chi connectivity index (χ3v) is 3.61. The SMILES string of the molecule is CCCC[C@H](N)C(=O)N1CCC(OCCC(=O)O)CC1. The fraction of sp³-hybridized carbons (Fsp3) is 0.857. The van der Waals surface area contributed by atoms with Crippen molar-refractivity contribution in [2.75, 3.05) is 19.7 Å². The van der Waals surface area contributed by atoms with E-state index in [1.807, 2.05) is 0 Å². The Balaban J connectivity index is 2.23. The lowest BCUT2D eigenvalue weighted by molar-refractivity contribution is -0.139. The van der Waals surface area contributed by atoms with E-state index < -0.39 is 5.97 Å². The van der Waals surface area contributed by atoms with E-state index in [9.17, 15) is 9.59 Å². The molecule has 0 bridgehead atoms. The topological polar surface area (TPSA) is 92.9 Å². The van der Waals surface area contributed by atoms with Crippen LogP contribution >= 0.6 is 0 Å². The number of amides is 1. The van der Waals surface area contributed by atoms with Gasteiger partial charge in [-0.15, -0.1) is 0 Å². The van der Waals surface area contributed by atoms with E-state index in [1.165, 1.54) is 0 Å². The summed E-state index contributed by atoms with van der Waals surface area (Å²) < 4.78 is 5.50. The van der Waals surface area contributed by atoms with Crippen molar-refractivity contribution in [2.45, 2.75) is 57.6 Å². The van der Waals surface area contributed by atoms with E-state index >= 15 is 0 Å². The maximum Gasteiger partial charge on any atom is 0.305 e. The van der Waals surface area contributed by atoms with E-state index in [2.05, 4.69) is 6.92 Å². The van der Waals surface area contributed by atoms with Crippen LogP contribution in [0.5, 0.6) is 0 Å². The molecule has 0 aliphatic carbocycles. The summed E-state index contributed by atoms with van der Waals surface area (Å²) in [6.45, 7) is 3.62. The van der Waals surface area contributed by atoms with Crippen LogP contribution in [0.2, 0.25) is 0 Å². The molecule has 1 saturated heterocycles. The fourth-order valence-corrected chi connectivity index (χ4v) is 2.34. The van der Waals surface area contributed by atoms with Gasteiger partial charge in [0.05, 0.1) is 25.2 Å². The summed E-state index contributed by atoms with van der Waals surface area (Å²) in [4.78, 5) is 24.3. The summed E-state index contributed by atoms with van der Waals surface area (Å²) in [6.07, 6.45) is 4.36. The van der Waals surface area contributed by atoms with Crippen molar-refractivity contribution in [1.29, 1.82) is 0 Å². The molecule has 1 heterocycles. The predicted octanol–water partition coefficient (Wildman–Crippen LogP) is 0.986. The van der Waals surface area contributed by atoms with E-state index in [1.54, 1.807) is 4.90 Å². The molecule has 116 valence electrons. The zero-order valence-electron chi connectivity index (χ0n) is 12.2. The number of carboxylic acid groups (broad SMARTS) is 1. The van der Waals surface area contributed by atoms with E-state index in [0.717, 1.165) is 32.1 Å². The number of likely N-dealkylation sites (tertiary alicyclic amines) is 1. The Hall–Kier alpha value is -1.14. The van der Waals surface area contributed by atoms with Gasteiger partial charge in [0.1, 0.15) is 0 Å². The van der Waals surface area contributed by atoms with E-state index in [0.29, 0.717) is 13.1 Å². The van der Waals surface area contributed by atoms with Crippen LogP contribution in [0.25, 0.3) is 0 Å². The van der Waals surface area contributed by atoms with Gasteiger partial charge in [-0.05, 0) is 19.3 Å². The zero-order valence-corrected chi connectivity index (χ0v) is 12.2. The van der Waals surface area contributed by atoms with Crippen molar-refractivity contribution in [1.82, 2.24) is 4.90 Å². The monoisotopic (exact) mass is 286 g/mol. The lowest BCUT2D eigenvalue weighted by Crippen LogP contribution is -2.48. The highest BCUT2D eigenvalue weighted by Gasteiger charge is 2.26. The maximum absolute atomic E-state index is 12.1. The Morgan fingerprint density at radius 1 is 1.40 bits per heavy atom. The fourth-order valence-electron chi connectivity index (χ4n) is 2.34. The molecule has 1 amide bonds. The number of nitrogens with two attached hydrogens (primary N) is 1. The molecule has 1 aliphatic heterocycles. The number of aliphatic carboxylic acids is 1. The summed E-state index contributed by atoms with van der Waals surface area (Å²) >= 11 is 0. The summed E-state index contributed by atoms with van der Waals surface area (Å²) in [5.41, 5.74) is 5.89. The largest absolute Gasteiger partial charge is 0.481 e. The van der Waals surface area contributed by atoms with Gasteiger partial charge in [-0.25, -0.2) is 0 Å². The first kappa shape index (κ1) is 16.9. The van der Waals surface area contributed by atoms with Crippen molar-refractivity contribution in [3.63, 3.8) is 0 Å². The van der Waals surface area contributed by atoms with Crippen LogP contribution in [0.1, 0.15) is 45.4 Å². The standard InChI is InChI=1S/C14H26N2O4/c1-2-3-4-12(15)14(19)16-8-5-11(6-9-16)20-10-7-13(17)18/h11-12H,2-10,15H2,1H3,(H,17,18)/t12-/m0/s1. The number of carbonyl (C=O) groups excluding carboxylic acids is 1. The average molecular weight is 286 g/mol. The number of nitrogens with zero attached hydrogens (tertiary/aromatic N) is 1. The van der Waals surface area contributed by atoms with Gasteiger partial charge in [-0.3, -0.25) is 9.59 Å². The first-order valence-electron chi connectivity index (χ1n) is 7.42. The second-order valence-corrected chi connectivity index (χ2v) is 5.29. The highest BCUT2D eigenvalue weighted by Crippen LogP contribution is 2.15. The molecule has 1 fully saturated rings. The molecule has 1 rings (SSSR count). The summed E-state index contributed by atoms with van der Waals surface area (Å²) in [6, 6.07) is -0.389. The molecule has 0 radical (unpaired) electrons. The first-order valence-corrected chi connectivity index (χ1v) is 7.42. The predicted molar refractivity (Wildman–Crippen MR) is 75.3 cm³/mol. The van der Waals surface area contributed by atoms with Crippen LogP contribution < -0.4 is 5.73 Å². The maximum atomic E-state index is 12.1. The number of hydrogen-bond acceptors (Lipinski definition) is 4. The van der Waals surface area contributed by atoms with Gasteiger partial charge < -0.3 is 20.5 Å². The first-order chi connectivity index (χ1) is 9.54. The van der Waals surface area contributed by atoms with Gasteiger partial charge in [-0.1, -0.05) is 19.8 Å². The second kappa shape index (κ2) is 8.92. The van der Waals surface area contributed by atoms with E-state index in [-0.39, 0.29) is 31.1 Å². The Bertz CT molecular complexity index is 314. The molecule has 0 unspecified atom stereocenters. The number of carboxylic acids is 1. The molecule has 0 saturated carbocycles. The molecule has 0 spiro atoms. The zero-order chi connectivity index (χ0) is 15.0. The number of carbonyl (C=O) groups is 2. The van der Waals surface area contributed by atoms with Crippen molar-refractivity contribution < 1.29 is 19.4 Å². The third-order valence-electron chi connectivity index (χ3n) is 3.61. The highest BCUT2D eigenvalue weighted by atomic mass is 16.5. The molecular weight excluding hydrogens is 260 g/mol. The quantitative estimate of drug-likeness (QED) is 0.694. The minimum atomic E-state index is -0.848. The van der Waals surface area contributed by atoms with Crippen molar-refractivity contribution in [2.24, 2.45) is 5.73 Å². The Morgan fingerprint density at radius 3 is 2.60 bits per heavy atom. The molecule has 20 heavy (non-hydrogen) atoms. The van der Waals surface area contributed by atoms with Crippen LogP contribution in [0.3, 0.4) is 0 Å². The number of hydrogen-bond donors (Lipinski definition) is 2. The molecular formula is C14H26N2O4. The number of piperidine rings is 1. The van der Waals surface area contributed by atoms with Crippen LogP contribution in [0, 0.1) is 0 Å². The van der Waals surface area contributed by atoms with Crippen LogP contribution in [-0.4, -0.2) is 53.7 Å². The normalized spacial score (nSPS) is 18.0. The van der Waals surface area contributed by atoms with Gasteiger partial charge in [-0.2, -0.15) is 0 Å². The molecule has 0 aromatic heterocycles. The molecule has 1 aliphatic rings. The van der Waals surface area contributed by atoms with Crippen molar-refractivity contribution in [3.05, 3.63) is 0 Å². The van der Waals surface area contributed by atoms with Crippen LogP contribution in [0.4, 0.5) is 0 Å². The number of ether oxygens (including phenoxy) is 1. The second-order valence-electron chi connectivity index (χ2n) is 5.29. The minimum absolute atomic E-state index is 0.0288. The smallest absolute Gasteiger partial charge is 0.305 e. The van der Waals surface area contributed by atoms with Gasteiger partial charge in [0, 0.05) is 13.1 Å².